The van der Waals surface area contributed by atoms with Crippen LogP contribution >= 0.6 is 11.8 Å². The number of ether oxygens (including phenoxy) is 1. The second-order valence-corrected chi connectivity index (χ2v) is 6.49. The lowest BCUT2D eigenvalue weighted by molar-refractivity contribution is -0.113. The van der Waals surface area contributed by atoms with Crippen LogP contribution in [0.25, 0.3) is 11.4 Å². The van der Waals surface area contributed by atoms with Crippen LogP contribution in [-0.2, 0) is 4.79 Å². The summed E-state index contributed by atoms with van der Waals surface area (Å²) in [5.74, 6) is 0.153. The van der Waals surface area contributed by atoms with Crippen molar-refractivity contribution in [3.05, 3.63) is 54.1 Å². The standard InChI is InChI=1S/C18H16F2N4O2S/c1-11-6-8-12(9-7-11)16-22-18(24-23-16)27-10-15(25)21-13-4-2-3-5-14(13)26-17(19)20/h2-9,17H,10H2,1H3,(H,21,25)(H,22,23,24). The van der Waals surface area contributed by atoms with Crippen molar-refractivity contribution in [1.82, 2.24) is 15.2 Å². The van der Waals surface area contributed by atoms with E-state index in [1.807, 2.05) is 31.2 Å². The Balaban J connectivity index is 1.58. The fourth-order valence-corrected chi connectivity index (χ4v) is 2.83. The molecule has 1 amide bonds. The summed E-state index contributed by atoms with van der Waals surface area (Å²) in [7, 11) is 0. The van der Waals surface area contributed by atoms with E-state index in [2.05, 4.69) is 25.2 Å². The number of aromatic nitrogens is 3. The molecule has 9 heteroatoms. The quantitative estimate of drug-likeness (QED) is 0.594. The van der Waals surface area contributed by atoms with Gasteiger partial charge in [-0.15, -0.1) is 5.10 Å². The van der Waals surface area contributed by atoms with Gasteiger partial charge in [0.1, 0.15) is 5.75 Å². The number of hydrogen-bond acceptors (Lipinski definition) is 5. The zero-order valence-electron chi connectivity index (χ0n) is 14.3. The molecule has 140 valence electrons. The van der Waals surface area contributed by atoms with Crippen LogP contribution in [0.4, 0.5) is 14.5 Å². The predicted octanol–water partition coefficient (Wildman–Crippen LogP) is 4.11. The third kappa shape index (κ3) is 5.27. The third-order valence-electron chi connectivity index (χ3n) is 3.50. The zero-order chi connectivity index (χ0) is 19.2. The number of carbonyl (C=O) groups excluding carboxylic acids is 1. The summed E-state index contributed by atoms with van der Waals surface area (Å²) in [6.45, 7) is -0.972. The molecule has 0 saturated heterocycles. The van der Waals surface area contributed by atoms with Crippen LogP contribution in [0, 0.1) is 6.92 Å². The van der Waals surface area contributed by atoms with E-state index in [9.17, 15) is 13.6 Å². The van der Waals surface area contributed by atoms with Gasteiger partial charge in [-0.2, -0.15) is 8.78 Å². The number of halogens is 2. The topological polar surface area (TPSA) is 79.9 Å². The van der Waals surface area contributed by atoms with Crippen molar-refractivity contribution in [2.45, 2.75) is 18.7 Å². The number of thioether (sulfide) groups is 1. The first-order chi connectivity index (χ1) is 13.0. The first-order valence-corrected chi connectivity index (χ1v) is 8.96. The van der Waals surface area contributed by atoms with Gasteiger partial charge in [0.25, 0.3) is 0 Å². The molecule has 1 aromatic heterocycles. The predicted molar refractivity (Wildman–Crippen MR) is 99.0 cm³/mol. The minimum atomic E-state index is -2.97. The van der Waals surface area contributed by atoms with Crippen LogP contribution in [0.2, 0.25) is 0 Å². The number of para-hydroxylation sites is 2. The highest BCUT2D eigenvalue weighted by atomic mass is 32.2. The van der Waals surface area contributed by atoms with E-state index in [1.165, 1.54) is 12.1 Å². The van der Waals surface area contributed by atoms with E-state index in [0.717, 1.165) is 22.9 Å². The molecular weight excluding hydrogens is 374 g/mol. The summed E-state index contributed by atoms with van der Waals surface area (Å²) in [4.78, 5) is 16.4. The maximum Gasteiger partial charge on any atom is 0.387 e. The number of anilines is 1. The molecule has 0 atom stereocenters. The highest BCUT2D eigenvalue weighted by Gasteiger charge is 2.13. The van der Waals surface area contributed by atoms with Gasteiger partial charge in [0.05, 0.1) is 11.4 Å². The molecule has 1 heterocycles. The Morgan fingerprint density at radius 3 is 2.70 bits per heavy atom. The maximum absolute atomic E-state index is 12.4. The Hall–Kier alpha value is -2.94. The summed E-state index contributed by atoms with van der Waals surface area (Å²) in [6.07, 6.45) is 0. The minimum absolute atomic E-state index is 0.0220. The van der Waals surface area contributed by atoms with Crippen LogP contribution in [-0.4, -0.2) is 33.5 Å². The number of H-pyrrole nitrogens is 1. The van der Waals surface area contributed by atoms with Crippen LogP contribution in [0.15, 0.2) is 53.7 Å². The normalized spacial score (nSPS) is 10.8. The van der Waals surface area contributed by atoms with Gasteiger partial charge in [-0.25, -0.2) is 4.98 Å². The molecule has 0 radical (unpaired) electrons. The third-order valence-corrected chi connectivity index (χ3v) is 4.35. The van der Waals surface area contributed by atoms with Gasteiger partial charge in [-0.1, -0.05) is 53.7 Å². The van der Waals surface area contributed by atoms with Crippen LogP contribution < -0.4 is 10.1 Å². The molecule has 3 rings (SSSR count). The smallest absolute Gasteiger partial charge is 0.387 e. The minimum Gasteiger partial charge on any atom is -0.433 e. The first kappa shape index (κ1) is 18.8. The Bertz CT molecular complexity index is 916. The van der Waals surface area contributed by atoms with Crippen LogP contribution in [0.1, 0.15) is 5.56 Å². The Morgan fingerprint density at radius 2 is 1.96 bits per heavy atom. The molecule has 3 aromatic rings. The molecule has 0 unspecified atom stereocenters. The number of rotatable bonds is 7. The van der Waals surface area contributed by atoms with Crippen LogP contribution in [0.3, 0.4) is 0 Å². The summed E-state index contributed by atoms with van der Waals surface area (Å²) < 4.78 is 29.2. The number of aryl methyl sites for hydroxylation is 1. The molecule has 0 bridgehead atoms. The molecule has 2 aromatic carbocycles. The van der Waals surface area contributed by atoms with E-state index in [0.29, 0.717) is 11.0 Å². The molecule has 0 spiro atoms. The average molecular weight is 390 g/mol. The molecule has 0 fully saturated rings. The van der Waals surface area contributed by atoms with Crippen molar-refractivity contribution >= 4 is 23.4 Å². The van der Waals surface area contributed by atoms with E-state index < -0.39 is 6.61 Å². The fraction of sp³-hybridized carbons (Fsp3) is 0.167. The fourth-order valence-electron chi connectivity index (χ4n) is 2.24. The molecule has 0 aliphatic carbocycles. The van der Waals surface area contributed by atoms with Crippen molar-refractivity contribution in [2.24, 2.45) is 0 Å². The van der Waals surface area contributed by atoms with Crippen LogP contribution in [0.5, 0.6) is 5.75 Å². The van der Waals surface area contributed by atoms with Gasteiger partial charge in [-0.05, 0) is 19.1 Å². The molecule has 27 heavy (non-hydrogen) atoms. The number of aromatic amines is 1. The zero-order valence-corrected chi connectivity index (χ0v) is 15.1. The second-order valence-electron chi connectivity index (χ2n) is 5.54. The van der Waals surface area contributed by atoms with Crippen molar-refractivity contribution in [2.75, 3.05) is 11.1 Å². The van der Waals surface area contributed by atoms with Crippen molar-refractivity contribution in [3.8, 4) is 17.1 Å². The molecule has 6 nitrogen and oxygen atoms in total. The monoisotopic (exact) mass is 390 g/mol. The molecular formula is C18H16F2N4O2S. The summed E-state index contributed by atoms with van der Waals surface area (Å²) >= 11 is 1.13. The Kier molecular flexibility index (Phi) is 6.02. The van der Waals surface area contributed by atoms with Gasteiger partial charge in [-0.3, -0.25) is 9.89 Å². The number of benzene rings is 2. The van der Waals surface area contributed by atoms with Crippen molar-refractivity contribution < 1.29 is 18.3 Å². The number of hydrogen-bond donors (Lipinski definition) is 2. The van der Waals surface area contributed by atoms with Gasteiger partial charge in [0, 0.05) is 5.56 Å². The lowest BCUT2D eigenvalue weighted by Crippen LogP contribution is -2.15. The number of alkyl halides is 2. The highest BCUT2D eigenvalue weighted by Crippen LogP contribution is 2.26. The van der Waals surface area contributed by atoms with Crippen molar-refractivity contribution in [1.29, 1.82) is 0 Å². The Morgan fingerprint density at radius 1 is 1.22 bits per heavy atom. The van der Waals surface area contributed by atoms with Gasteiger partial charge in [0.15, 0.2) is 5.82 Å². The lowest BCUT2D eigenvalue weighted by atomic mass is 10.1. The number of carbonyl (C=O) groups is 1. The van der Waals surface area contributed by atoms with E-state index in [1.54, 1.807) is 12.1 Å². The highest BCUT2D eigenvalue weighted by molar-refractivity contribution is 7.99. The van der Waals surface area contributed by atoms with Gasteiger partial charge < -0.3 is 10.1 Å². The van der Waals surface area contributed by atoms with Crippen molar-refractivity contribution in [3.63, 3.8) is 0 Å². The SMILES string of the molecule is Cc1ccc(-c2nc(SCC(=O)Nc3ccccc3OC(F)F)n[nH]2)cc1. The van der Waals surface area contributed by atoms with E-state index in [-0.39, 0.29) is 23.1 Å². The number of nitrogens with zero attached hydrogens (tertiary/aromatic N) is 2. The largest absolute Gasteiger partial charge is 0.433 e. The Labute approximate surface area is 158 Å². The second kappa shape index (κ2) is 8.63. The summed E-state index contributed by atoms with van der Waals surface area (Å²) in [5.41, 5.74) is 2.21. The van der Waals surface area contributed by atoms with Gasteiger partial charge >= 0.3 is 6.61 Å². The lowest BCUT2D eigenvalue weighted by Gasteiger charge is -2.11. The first-order valence-electron chi connectivity index (χ1n) is 7.97. The average Bonchev–Trinajstić information content (AvgIpc) is 3.11. The van der Waals surface area contributed by atoms with Gasteiger partial charge in [0.2, 0.25) is 11.1 Å². The number of amides is 1. The molecule has 0 aliphatic heterocycles. The molecule has 2 N–H and O–H groups in total. The maximum atomic E-state index is 12.4. The summed E-state index contributed by atoms with van der Waals surface area (Å²) in [5, 5.41) is 9.86. The molecule has 0 saturated carbocycles. The molecule has 0 aliphatic rings. The number of nitrogens with one attached hydrogen (secondary N) is 2. The van der Waals surface area contributed by atoms with E-state index in [4.69, 9.17) is 0 Å². The van der Waals surface area contributed by atoms with E-state index >= 15 is 0 Å². The summed E-state index contributed by atoms with van der Waals surface area (Å²) in [6, 6.07) is 13.8.